The van der Waals surface area contributed by atoms with E-state index in [4.69, 9.17) is 0 Å². The average molecular weight is 257 g/mol. The summed E-state index contributed by atoms with van der Waals surface area (Å²) in [5, 5.41) is 3.03. The topological polar surface area (TPSA) is 64.0 Å². The molecule has 98 valence electrons. The van der Waals surface area contributed by atoms with Crippen molar-refractivity contribution < 1.29 is 4.79 Å². The summed E-state index contributed by atoms with van der Waals surface area (Å²) in [5.41, 5.74) is 0.779. The maximum atomic E-state index is 11.9. The molecule has 1 aromatic carbocycles. The zero-order valence-electron chi connectivity index (χ0n) is 10.9. The summed E-state index contributed by atoms with van der Waals surface area (Å²) in [6.07, 6.45) is 0.544. The zero-order valence-corrected chi connectivity index (χ0v) is 10.9. The summed E-state index contributed by atoms with van der Waals surface area (Å²) in [6, 6.07) is 9.71. The van der Waals surface area contributed by atoms with E-state index in [0.29, 0.717) is 24.5 Å². The normalized spacial score (nSPS) is 10.2. The van der Waals surface area contributed by atoms with Crippen LogP contribution in [0.1, 0.15) is 21.7 Å². The third-order valence-corrected chi connectivity index (χ3v) is 2.97. The minimum atomic E-state index is -0.335. The number of rotatable bonds is 4. The van der Waals surface area contributed by atoms with Gasteiger partial charge in [-0.05, 0) is 12.5 Å². The monoisotopic (exact) mass is 257 g/mol. The third kappa shape index (κ3) is 2.70. The second-order valence-corrected chi connectivity index (χ2v) is 4.24. The number of aryl methyl sites for hydroxylation is 1. The Morgan fingerprint density at radius 2 is 2.00 bits per heavy atom. The Kier molecular flexibility index (Phi) is 3.75. The molecule has 5 nitrogen and oxygen atoms in total. The number of hydrogen-bond acceptors (Lipinski definition) is 4. The Bertz CT molecular complexity index is 648. The molecule has 0 atom stereocenters. The van der Waals surface area contributed by atoms with Crippen LogP contribution in [0.15, 0.2) is 35.1 Å². The predicted octanol–water partition coefficient (Wildman–Crippen LogP) is 1.51. The second kappa shape index (κ2) is 5.48. The molecule has 0 unspecified atom stereocenters. The van der Waals surface area contributed by atoms with Gasteiger partial charge in [-0.3, -0.25) is 14.2 Å². The first-order valence-corrected chi connectivity index (χ1v) is 5.94. The number of aldehydes is 1. The molecule has 0 radical (unpaired) electrons. The molecule has 0 saturated carbocycles. The van der Waals surface area contributed by atoms with Gasteiger partial charge in [0.05, 0.1) is 0 Å². The van der Waals surface area contributed by atoms with Crippen LogP contribution < -0.4 is 10.9 Å². The standard InChI is InChI=1S/C14H15N3O2/c1-10-16-13(12(9-18)14(19)17(10)2)15-8-11-6-4-3-5-7-11/h3-7,9,15H,8H2,1-2H3. The van der Waals surface area contributed by atoms with Crippen molar-refractivity contribution in [2.24, 2.45) is 7.05 Å². The predicted molar refractivity (Wildman–Crippen MR) is 73.4 cm³/mol. The van der Waals surface area contributed by atoms with Crippen LogP contribution in [0.5, 0.6) is 0 Å². The molecule has 2 aromatic rings. The van der Waals surface area contributed by atoms with Crippen LogP contribution in [-0.4, -0.2) is 15.8 Å². The Morgan fingerprint density at radius 3 is 2.63 bits per heavy atom. The van der Waals surface area contributed by atoms with Gasteiger partial charge in [0.25, 0.3) is 5.56 Å². The Morgan fingerprint density at radius 1 is 1.32 bits per heavy atom. The van der Waals surface area contributed by atoms with Crippen LogP contribution in [0.4, 0.5) is 5.82 Å². The van der Waals surface area contributed by atoms with Gasteiger partial charge in [-0.25, -0.2) is 4.98 Å². The Balaban J connectivity index is 2.30. The minimum Gasteiger partial charge on any atom is -0.365 e. The Labute approximate surface area is 110 Å². The summed E-state index contributed by atoms with van der Waals surface area (Å²) in [6.45, 7) is 2.24. The van der Waals surface area contributed by atoms with E-state index in [1.165, 1.54) is 4.57 Å². The summed E-state index contributed by atoms with van der Waals surface area (Å²) < 4.78 is 1.36. The molecule has 5 heteroatoms. The smallest absolute Gasteiger partial charge is 0.266 e. The fourth-order valence-corrected chi connectivity index (χ4v) is 1.75. The van der Waals surface area contributed by atoms with Crippen molar-refractivity contribution in [2.75, 3.05) is 5.32 Å². The molecule has 0 amide bonds. The number of nitrogens with one attached hydrogen (secondary N) is 1. The number of aromatic nitrogens is 2. The van der Waals surface area contributed by atoms with E-state index in [1.807, 2.05) is 30.3 Å². The first-order valence-electron chi connectivity index (χ1n) is 5.94. The fraction of sp³-hybridized carbons (Fsp3) is 0.214. The number of carbonyl (C=O) groups is 1. The van der Waals surface area contributed by atoms with E-state index in [2.05, 4.69) is 10.3 Å². The molecule has 0 aliphatic rings. The average Bonchev–Trinajstić information content (AvgIpc) is 2.44. The van der Waals surface area contributed by atoms with Crippen LogP contribution in [0.25, 0.3) is 0 Å². The summed E-state index contributed by atoms with van der Waals surface area (Å²) >= 11 is 0. The van der Waals surface area contributed by atoms with Gasteiger partial charge in [-0.1, -0.05) is 30.3 Å². The molecule has 0 spiro atoms. The molecule has 0 aliphatic heterocycles. The second-order valence-electron chi connectivity index (χ2n) is 4.24. The minimum absolute atomic E-state index is 0.0593. The quantitative estimate of drug-likeness (QED) is 0.843. The lowest BCUT2D eigenvalue weighted by Gasteiger charge is -2.11. The number of nitrogens with zero attached hydrogens (tertiary/aromatic N) is 2. The summed E-state index contributed by atoms with van der Waals surface area (Å²) in [4.78, 5) is 27.2. The molecule has 0 aliphatic carbocycles. The molecule has 2 rings (SSSR count). The zero-order chi connectivity index (χ0) is 13.8. The van der Waals surface area contributed by atoms with Crippen molar-refractivity contribution in [2.45, 2.75) is 13.5 Å². The van der Waals surface area contributed by atoms with Crippen LogP contribution >= 0.6 is 0 Å². The lowest BCUT2D eigenvalue weighted by atomic mass is 10.2. The van der Waals surface area contributed by atoms with Gasteiger partial charge in [0, 0.05) is 13.6 Å². The molecular formula is C14H15N3O2. The lowest BCUT2D eigenvalue weighted by Crippen LogP contribution is -2.26. The van der Waals surface area contributed by atoms with Crippen LogP contribution in [-0.2, 0) is 13.6 Å². The maximum Gasteiger partial charge on any atom is 0.266 e. The van der Waals surface area contributed by atoms with Crippen LogP contribution in [0, 0.1) is 6.92 Å². The van der Waals surface area contributed by atoms with Gasteiger partial charge in [0.1, 0.15) is 17.2 Å². The molecule has 0 saturated heterocycles. The van der Waals surface area contributed by atoms with Gasteiger partial charge in [-0.15, -0.1) is 0 Å². The van der Waals surface area contributed by atoms with Crippen molar-refractivity contribution in [3.8, 4) is 0 Å². The summed E-state index contributed by atoms with van der Waals surface area (Å²) in [7, 11) is 1.60. The largest absolute Gasteiger partial charge is 0.365 e. The van der Waals surface area contributed by atoms with E-state index in [9.17, 15) is 9.59 Å². The molecule has 1 N–H and O–H groups in total. The number of hydrogen-bond donors (Lipinski definition) is 1. The maximum absolute atomic E-state index is 11.9. The highest BCUT2D eigenvalue weighted by atomic mass is 16.1. The number of anilines is 1. The van der Waals surface area contributed by atoms with E-state index >= 15 is 0 Å². The highest BCUT2D eigenvalue weighted by molar-refractivity contribution is 5.81. The van der Waals surface area contributed by atoms with Gasteiger partial charge in [0.2, 0.25) is 0 Å². The van der Waals surface area contributed by atoms with Gasteiger partial charge in [0.15, 0.2) is 6.29 Å². The van der Waals surface area contributed by atoms with Crippen molar-refractivity contribution in [1.29, 1.82) is 0 Å². The SMILES string of the molecule is Cc1nc(NCc2ccccc2)c(C=O)c(=O)n1C. The van der Waals surface area contributed by atoms with Crippen molar-refractivity contribution in [3.05, 3.63) is 57.6 Å². The number of carbonyl (C=O) groups excluding carboxylic acids is 1. The lowest BCUT2D eigenvalue weighted by molar-refractivity contribution is 0.112. The van der Waals surface area contributed by atoms with Gasteiger partial charge in [-0.2, -0.15) is 0 Å². The first kappa shape index (κ1) is 13.0. The van der Waals surface area contributed by atoms with E-state index in [0.717, 1.165) is 5.56 Å². The van der Waals surface area contributed by atoms with Gasteiger partial charge >= 0.3 is 0 Å². The Hall–Kier alpha value is -2.43. The van der Waals surface area contributed by atoms with Crippen molar-refractivity contribution in [3.63, 3.8) is 0 Å². The highest BCUT2D eigenvalue weighted by Crippen LogP contribution is 2.09. The molecule has 19 heavy (non-hydrogen) atoms. The highest BCUT2D eigenvalue weighted by Gasteiger charge is 2.11. The van der Waals surface area contributed by atoms with Gasteiger partial charge < -0.3 is 5.32 Å². The molecule has 0 fully saturated rings. The summed E-state index contributed by atoms with van der Waals surface area (Å²) in [5.74, 6) is 0.894. The van der Waals surface area contributed by atoms with Crippen molar-refractivity contribution in [1.82, 2.24) is 9.55 Å². The first-order chi connectivity index (χ1) is 9.13. The van der Waals surface area contributed by atoms with E-state index in [-0.39, 0.29) is 11.1 Å². The number of benzene rings is 1. The van der Waals surface area contributed by atoms with Crippen molar-refractivity contribution >= 4 is 12.1 Å². The van der Waals surface area contributed by atoms with E-state index < -0.39 is 0 Å². The van der Waals surface area contributed by atoms with Crippen LogP contribution in [0.3, 0.4) is 0 Å². The molecular weight excluding hydrogens is 242 g/mol. The fourth-order valence-electron chi connectivity index (χ4n) is 1.75. The van der Waals surface area contributed by atoms with E-state index in [1.54, 1.807) is 14.0 Å². The third-order valence-electron chi connectivity index (χ3n) is 2.97. The molecule has 1 heterocycles. The van der Waals surface area contributed by atoms with Crippen LogP contribution in [0.2, 0.25) is 0 Å². The molecule has 1 aromatic heterocycles. The molecule has 0 bridgehead atoms.